The molecular weight excluding hydrogens is 294 g/mol. The second-order valence-electron chi connectivity index (χ2n) is 8.09. The van der Waals surface area contributed by atoms with Crippen molar-refractivity contribution in [2.24, 2.45) is 11.3 Å². The molecule has 0 unspecified atom stereocenters. The van der Waals surface area contributed by atoms with Gasteiger partial charge >= 0.3 is 5.97 Å². The minimum atomic E-state index is -0.665. The molecule has 6 rings (SSSR count). The molecule has 2 atom stereocenters. The molecule has 0 spiro atoms. The first kappa shape index (κ1) is 13.6. The van der Waals surface area contributed by atoms with Crippen molar-refractivity contribution in [3.63, 3.8) is 0 Å². The van der Waals surface area contributed by atoms with Crippen LogP contribution < -0.4 is 5.32 Å². The second kappa shape index (κ2) is 4.16. The highest BCUT2D eigenvalue weighted by Gasteiger charge is 2.54. The molecule has 0 aliphatic heterocycles. The maximum Gasteiger partial charge on any atom is 0.309 e. The summed E-state index contributed by atoms with van der Waals surface area (Å²) in [5, 5.41) is 20.0. The van der Waals surface area contributed by atoms with Crippen molar-refractivity contribution in [3.8, 4) is 0 Å². The highest BCUT2D eigenvalue weighted by Crippen LogP contribution is 2.56. The highest BCUT2D eigenvalue weighted by molar-refractivity contribution is 5.95. The zero-order chi connectivity index (χ0) is 15.8. The van der Waals surface area contributed by atoms with Crippen molar-refractivity contribution in [1.29, 1.82) is 0 Å². The Kier molecular flexibility index (Phi) is 2.46. The molecule has 5 aliphatic rings. The van der Waals surface area contributed by atoms with Crippen LogP contribution in [0.25, 0.3) is 0 Å². The van der Waals surface area contributed by atoms with E-state index in [1.165, 1.54) is 12.1 Å². The van der Waals surface area contributed by atoms with Crippen LogP contribution in [0, 0.1) is 11.3 Å². The lowest BCUT2D eigenvalue weighted by Crippen LogP contribution is -2.58. The van der Waals surface area contributed by atoms with Crippen molar-refractivity contribution < 1.29 is 14.7 Å². The molecule has 122 valence electrons. The predicted molar refractivity (Wildman–Crippen MR) is 81.1 cm³/mol. The number of hydrogen-bond donors (Lipinski definition) is 3. The first-order valence-electron chi connectivity index (χ1n) is 8.65. The van der Waals surface area contributed by atoms with Gasteiger partial charge in [0, 0.05) is 22.7 Å². The summed E-state index contributed by atoms with van der Waals surface area (Å²) in [6, 6.07) is 0. The molecule has 4 fully saturated rings. The number of carboxylic acid groups (broad SMARTS) is 1. The Morgan fingerprint density at radius 3 is 2.52 bits per heavy atom. The fraction of sp³-hybridized carbons (Fsp3) is 0.706. The zero-order valence-corrected chi connectivity index (χ0v) is 13.0. The van der Waals surface area contributed by atoms with Crippen molar-refractivity contribution >= 4 is 11.9 Å². The smallest absolute Gasteiger partial charge is 0.309 e. The molecule has 4 saturated carbocycles. The molecule has 1 amide bonds. The van der Waals surface area contributed by atoms with Crippen molar-refractivity contribution in [2.45, 2.75) is 62.8 Å². The lowest BCUT2D eigenvalue weighted by molar-refractivity contribution is -0.156. The lowest BCUT2D eigenvalue weighted by Gasteiger charge is -2.51. The van der Waals surface area contributed by atoms with Gasteiger partial charge in [-0.3, -0.25) is 14.7 Å². The van der Waals surface area contributed by atoms with E-state index >= 15 is 0 Å². The second-order valence-corrected chi connectivity index (χ2v) is 8.09. The van der Waals surface area contributed by atoms with E-state index in [1.807, 2.05) is 0 Å². The Labute approximate surface area is 134 Å². The Morgan fingerprint density at radius 1 is 1.17 bits per heavy atom. The van der Waals surface area contributed by atoms with E-state index in [2.05, 4.69) is 15.5 Å². The maximum absolute atomic E-state index is 12.7. The Morgan fingerprint density at radius 2 is 1.87 bits per heavy atom. The van der Waals surface area contributed by atoms with Crippen LogP contribution in [-0.4, -0.2) is 32.7 Å². The largest absolute Gasteiger partial charge is 0.481 e. The summed E-state index contributed by atoms with van der Waals surface area (Å²) in [4.78, 5) is 24.2. The highest BCUT2D eigenvalue weighted by atomic mass is 16.4. The first-order chi connectivity index (χ1) is 11.0. The van der Waals surface area contributed by atoms with Crippen molar-refractivity contribution in [3.05, 3.63) is 17.0 Å². The van der Waals surface area contributed by atoms with Crippen LogP contribution in [-0.2, 0) is 11.2 Å². The number of carbonyl (C=O) groups excluding carboxylic acids is 1. The van der Waals surface area contributed by atoms with Crippen molar-refractivity contribution in [2.75, 3.05) is 0 Å². The molecule has 0 saturated heterocycles. The molecule has 1 heterocycles. The number of nitrogens with zero attached hydrogens (tertiary/aromatic N) is 1. The Hall–Kier alpha value is -1.85. The summed E-state index contributed by atoms with van der Waals surface area (Å²) >= 11 is 0. The van der Waals surface area contributed by atoms with Gasteiger partial charge in [0.05, 0.1) is 5.41 Å². The SMILES string of the molecule is O=C(NC12CCC(C(=O)O)(CC1)CC2)c1n[nH]c2c1C[C@H]1C[C@@H]21. The van der Waals surface area contributed by atoms with Gasteiger partial charge in [-0.1, -0.05) is 0 Å². The average Bonchev–Trinajstić information content (AvgIpc) is 3.03. The van der Waals surface area contributed by atoms with Crippen molar-refractivity contribution in [1.82, 2.24) is 15.5 Å². The van der Waals surface area contributed by atoms with E-state index in [1.54, 1.807) is 0 Å². The predicted octanol–water partition coefficient (Wildman–Crippen LogP) is 1.98. The van der Waals surface area contributed by atoms with Gasteiger partial charge in [0.1, 0.15) is 0 Å². The fourth-order valence-corrected chi connectivity index (χ4v) is 5.16. The molecule has 5 aliphatic carbocycles. The zero-order valence-electron chi connectivity index (χ0n) is 13.0. The normalized spacial score (nSPS) is 39.7. The molecule has 6 nitrogen and oxygen atoms in total. The molecule has 1 aromatic heterocycles. The van der Waals surface area contributed by atoms with Gasteiger partial charge in [0.15, 0.2) is 5.69 Å². The van der Waals surface area contributed by atoms with E-state index in [9.17, 15) is 14.7 Å². The fourth-order valence-electron chi connectivity index (χ4n) is 5.16. The van der Waals surface area contributed by atoms with Crippen LogP contribution in [0.3, 0.4) is 0 Å². The number of aliphatic carboxylic acids is 1. The van der Waals surface area contributed by atoms with Gasteiger partial charge < -0.3 is 10.4 Å². The Bertz CT molecular complexity index is 698. The number of aromatic amines is 1. The minimum Gasteiger partial charge on any atom is -0.481 e. The summed E-state index contributed by atoms with van der Waals surface area (Å²) in [5.74, 6) is 0.595. The molecule has 0 aromatic carbocycles. The number of H-pyrrole nitrogens is 1. The lowest BCUT2D eigenvalue weighted by atomic mass is 9.57. The molecule has 3 N–H and O–H groups in total. The number of amides is 1. The average molecular weight is 315 g/mol. The Balaban J connectivity index is 1.34. The van der Waals surface area contributed by atoms with Crippen LogP contribution in [0.5, 0.6) is 0 Å². The topological polar surface area (TPSA) is 95.1 Å². The van der Waals surface area contributed by atoms with E-state index in [4.69, 9.17) is 0 Å². The first-order valence-corrected chi connectivity index (χ1v) is 8.65. The van der Waals surface area contributed by atoms with E-state index in [-0.39, 0.29) is 11.4 Å². The van der Waals surface area contributed by atoms with E-state index in [0.717, 1.165) is 37.2 Å². The number of rotatable bonds is 3. The number of carbonyl (C=O) groups is 2. The molecule has 0 radical (unpaired) electrons. The third kappa shape index (κ3) is 1.78. The monoisotopic (exact) mass is 315 g/mol. The number of carboxylic acids is 1. The van der Waals surface area contributed by atoms with Gasteiger partial charge in [-0.2, -0.15) is 5.10 Å². The standard InChI is InChI=1S/C17H21N3O3/c21-14(13-11-8-9-7-10(9)12(11)19-20-13)18-17-4-1-16(2-5-17,3-6-17)15(22)23/h9-10H,1-8H2,(H,18,21)(H,19,20)(H,22,23)/t9-,10-,16?,17?/m1/s1. The minimum absolute atomic E-state index is 0.0754. The summed E-state index contributed by atoms with van der Waals surface area (Å²) in [5.41, 5.74) is 2.10. The van der Waals surface area contributed by atoms with E-state index in [0.29, 0.717) is 30.9 Å². The summed E-state index contributed by atoms with van der Waals surface area (Å²) in [6.45, 7) is 0. The van der Waals surface area contributed by atoms with Gasteiger partial charge in [-0.05, 0) is 57.3 Å². The number of aromatic nitrogens is 2. The molecule has 1 aromatic rings. The quantitative estimate of drug-likeness (QED) is 0.795. The van der Waals surface area contributed by atoms with Crippen LogP contribution in [0.2, 0.25) is 0 Å². The van der Waals surface area contributed by atoms with Gasteiger partial charge in [0.25, 0.3) is 5.91 Å². The maximum atomic E-state index is 12.7. The molecular formula is C17H21N3O3. The molecule has 2 bridgehead atoms. The van der Waals surface area contributed by atoms with Crippen LogP contribution in [0.4, 0.5) is 0 Å². The summed E-state index contributed by atoms with van der Waals surface area (Å²) in [7, 11) is 0. The third-order valence-electron chi connectivity index (χ3n) is 6.95. The van der Waals surface area contributed by atoms with Gasteiger partial charge in [-0.25, -0.2) is 0 Å². The number of hydrogen-bond acceptors (Lipinski definition) is 3. The van der Waals surface area contributed by atoms with Gasteiger partial charge in [0.2, 0.25) is 0 Å². The number of nitrogens with one attached hydrogen (secondary N) is 2. The number of fused-ring (bicyclic) bond motifs is 6. The van der Waals surface area contributed by atoms with Crippen LogP contribution in [0.1, 0.15) is 72.6 Å². The molecule has 6 heteroatoms. The molecule has 23 heavy (non-hydrogen) atoms. The van der Waals surface area contributed by atoms with Crippen LogP contribution >= 0.6 is 0 Å². The summed E-state index contributed by atoms with van der Waals surface area (Å²) < 4.78 is 0. The summed E-state index contributed by atoms with van der Waals surface area (Å²) in [6.07, 6.45) is 6.53. The van der Waals surface area contributed by atoms with E-state index < -0.39 is 11.4 Å². The third-order valence-corrected chi connectivity index (χ3v) is 6.95. The van der Waals surface area contributed by atoms with Gasteiger partial charge in [-0.15, -0.1) is 0 Å². The van der Waals surface area contributed by atoms with Crippen LogP contribution in [0.15, 0.2) is 0 Å².